The van der Waals surface area contributed by atoms with Crippen molar-refractivity contribution < 1.29 is 8.42 Å². The Morgan fingerprint density at radius 3 is 2.38 bits per heavy atom. The summed E-state index contributed by atoms with van der Waals surface area (Å²) in [6.45, 7) is 6.24. The lowest BCUT2D eigenvalue weighted by atomic mass is 10.3. The van der Waals surface area contributed by atoms with Crippen molar-refractivity contribution in [1.29, 1.82) is 0 Å². The second kappa shape index (κ2) is 4.80. The highest BCUT2D eigenvalue weighted by Crippen LogP contribution is 2.17. The molecule has 5 nitrogen and oxygen atoms in total. The number of nitrogens with zero attached hydrogens (tertiary/aromatic N) is 2. The highest BCUT2D eigenvalue weighted by atomic mass is 32.2. The number of anilines is 1. The third-order valence-corrected chi connectivity index (χ3v) is 4.45. The molecule has 0 spiro atoms. The van der Waals surface area contributed by atoms with Crippen molar-refractivity contribution in [3.8, 4) is 0 Å². The first-order chi connectivity index (χ1) is 7.43. The van der Waals surface area contributed by atoms with Gasteiger partial charge < -0.3 is 5.73 Å². The number of hydrogen-bond donors (Lipinski definition) is 1. The van der Waals surface area contributed by atoms with E-state index >= 15 is 0 Å². The SMILES string of the molecule is CCN(CC)S(=O)(=O)c1cnc(N)c(C)c1. The molecular weight excluding hydrogens is 226 g/mol. The van der Waals surface area contributed by atoms with E-state index in [1.54, 1.807) is 26.8 Å². The summed E-state index contributed by atoms with van der Waals surface area (Å²) in [6.07, 6.45) is 1.30. The average Bonchev–Trinajstić information content (AvgIpc) is 2.23. The minimum Gasteiger partial charge on any atom is -0.383 e. The van der Waals surface area contributed by atoms with Crippen LogP contribution in [0.2, 0.25) is 0 Å². The van der Waals surface area contributed by atoms with Gasteiger partial charge in [-0.2, -0.15) is 4.31 Å². The van der Waals surface area contributed by atoms with Gasteiger partial charge in [-0.15, -0.1) is 0 Å². The minimum atomic E-state index is -3.43. The third-order valence-electron chi connectivity index (χ3n) is 2.44. The summed E-state index contributed by atoms with van der Waals surface area (Å²) in [5, 5.41) is 0. The van der Waals surface area contributed by atoms with Gasteiger partial charge in [0.2, 0.25) is 10.0 Å². The Balaban J connectivity index is 3.22. The van der Waals surface area contributed by atoms with Gasteiger partial charge in [-0.1, -0.05) is 13.8 Å². The molecule has 6 heteroatoms. The molecule has 1 aromatic rings. The zero-order valence-electron chi connectivity index (χ0n) is 9.77. The fourth-order valence-corrected chi connectivity index (χ4v) is 2.90. The summed E-state index contributed by atoms with van der Waals surface area (Å²) in [5.74, 6) is 0.360. The number of pyridine rings is 1. The van der Waals surface area contributed by atoms with E-state index in [4.69, 9.17) is 5.73 Å². The van der Waals surface area contributed by atoms with Crippen LogP contribution in [0.3, 0.4) is 0 Å². The molecule has 16 heavy (non-hydrogen) atoms. The van der Waals surface area contributed by atoms with Crippen LogP contribution >= 0.6 is 0 Å². The lowest BCUT2D eigenvalue weighted by molar-refractivity contribution is 0.445. The topological polar surface area (TPSA) is 76.3 Å². The van der Waals surface area contributed by atoms with E-state index in [-0.39, 0.29) is 4.90 Å². The second-order valence-electron chi connectivity index (χ2n) is 3.46. The van der Waals surface area contributed by atoms with Gasteiger partial charge in [0.1, 0.15) is 10.7 Å². The van der Waals surface area contributed by atoms with Crippen molar-refractivity contribution >= 4 is 15.8 Å². The van der Waals surface area contributed by atoms with E-state index in [0.717, 1.165) is 0 Å². The zero-order chi connectivity index (χ0) is 12.3. The van der Waals surface area contributed by atoms with Gasteiger partial charge >= 0.3 is 0 Å². The van der Waals surface area contributed by atoms with Crippen LogP contribution in [-0.4, -0.2) is 30.8 Å². The van der Waals surface area contributed by atoms with Crippen molar-refractivity contribution in [3.05, 3.63) is 17.8 Å². The van der Waals surface area contributed by atoms with Crippen LogP contribution in [0, 0.1) is 6.92 Å². The smallest absolute Gasteiger partial charge is 0.244 e. The molecule has 1 aromatic heterocycles. The van der Waals surface area contributed by atoms with Crippen LogP contribution in [0.1, 0.15) is 19.4 Å². The molecule has 0 radical (unpaired) electrons. The van der Waals surface area contributed by atoms with Crippen LogP contribution in [-0.2, 0) is 10.0 Å². The second-order valence-corrected chi connectivity index (χ2v) is 5.40. The fourth-order valence-electron chi connectivity index (χ4n) is 1.41. The molecule has 2 N–H and O–H groups in total. The molecule has 0 unspecified atom stereocenters. The summed E-state index contributed by atoms with van der Waals surface area (Å²) in [5.41, 5.74) is 6.23. The van der Waals surface area contributed by atoms with Gasteiger partial charge in [0, 0.05) is 19.3 Å². The molecule has 1 heterocycles. The summed E-state index contributed by atoms with van der Waals surface area (Å²) < 4.78 is 25.6. The van der Waals surface area contributed by atoms with Crippen LogP contribution in [0.25, 0.3) is 0 Å². The number of nitrogen functional groups attached to an aromatic ring is 1. The zero-order valence-corrected chi connectivity index (χ0v) is 10.6. The Labute approximate surface area is 96.3 Å². The lowest BCUT2D eigenvalue weighted by Crippen LogP contribution is -2.30. The highest BCUT2D eigenvalue weighted by molar-refractivity contribution is 7.89. The lowest BCUT2D eigenvalue weighted by Gasteiger charge is -2.18. The predicted molar refractivity (Wildman–Crippen MR) is 63.5 cm³/mol. The van der Waals surface area contributed by atoms with Crippen molar-refractivity contribution in [1.82, 2.24) is 9.29 Å². The van der Waals surface area contributed by atoms with Crippen molar-refractivity contribution in [2.45, 2.75) is 25.7 Å². The first kappa shape index (κ1) is 12.9. The van der Waals surface area contributed by atoms with E-state index in [9.17, 15) is 8.42 Å². The molecule has 0 aliphatic carbocycles. The Bertz CT molecular complexity index is 467. The molecular formula is C10H17N3O2S. The van der Waals surface area contributed by atoms with Gasteiger partial charge in [0.15, 0.2) is 0 Å². The van der Waals surface area contributed by atoms with E-state index in [1.165, 1.54) is 10.5 Å². The first-order valence-electron chi connectivity index (χ1n) is 5.15. The molecule has 0 aromatic carbocycles. The molecule has 0 saturated carbocycles. The Morgan fingerprint density at radius 1 is 1.38 bits per heavy atom. The number of aromatic nitrogens is 1. The minimum absolute atomic E-state index is 0.197. The molecule has 0 amide bonds. The Hall–Kier alpha value is -1.14. The highest BCUT2D eigenvalue weighted by Gasteiger charge is 2.22. The van der Waals surface area contributed by atoms with E-state index in [2.05, 4.69) is 4.98 Å². The van der Waals surface area contributed by atoms with E-state index < -0.39 is 10.0 Å². The van der Waals surface area contributed by atoms with Crippen molar-refractivity contribution in [3.63, 3.8) is 0 Å². The maximum Gasteiger partial charge on any atom is 0.244 e. The number of hydrogen-bond acceptors (Lipinski definition) is 4. The number of aryl methyl sites for hydroxylation is 1. The monoisotopic (exact) mass is 243 g/mol. The normalized spacial score (nSPS) is 12.0. The number of sulfonamides is 1. The van der Waals surface area contributed by atoms with Gasteiger partial charge in [-0.05, 0) is 18.6 Å². The molecule has 0 aliphatic rings. The molecule has 0 fully saturated rings. The van der Waals surface area contributed by atoms with E-state index in [1.807, 2.05) is 0 Å². The molecule has 0 bridgehead atoms. The predicted octanol–water partition coefficient (Wildman–Crippen LogP) is 1.00. The molecule has 0 saturated heterocycles. The quantitative estimate of drug-likeness (QED) is 0.856. The average molecular weight is 243 g/mol. The van der Waals surface area contributed by atoms with Crippen LogP contribution in [0.4, 0.5) is 5.82 Å². The first-order valence-corrected chi connectivity index (χ1v) is 6.59. The van der Waals surface area contributed by atoms with Crippen LogP contribution in [0.15, 0.2) is 17.2 Å². The third kappa shape index (κ3) is 2.33. The molecule has 0 aliphatic heterocycles. The molecule has 0 atom stereocenters. The van der Waals surface area contributed by atoms with Gasteiger partial charge in [-0.3, -0.25) is 0 Å². The summed E-state index contributed by atoms with van der Waals surface area (Å²) >= 11 is 0. The number of rotatable bonds is 4. The van der Waals surface area contributed by atoms with Crippen LogP contribution < -0.4 is 5.73 Å². The van der Waals surface area contributed by atoms with Crippen LogP contribution in [0.5, 0.6) is 0 Å². The fraction of sp³-hybridized carbons (Fsp3) is 0.500. The maximum atomic E-state index is 12.1. The molecule has 90 valence electrons. The Morgan fingerprint density at radius 2 is 1.94 bits per heavy atom. The van der Waals surface area contributed by atoms with E-state index in [0.29, 0.717) is 24.5 Å². The van der Waals surface area contributed by atoms with Crippen molar-refractivity contribution in [2.24, 2.45) is 0 Å². The largest absolute Gasteiger partial charge is 0.383 e. The summed E-state index contributed by atoms with van der Waals surface area (Å²) in [4.78, 5) is 4.07. The van der Waals surface area contributed by atoms with Gasteiger partial charge in [0.05, 0.1) is 0 Å². The standard InChI is InChI=1S/C10H17N3O2S/c1-4-13(5-2)16(14,15)9-6-8(3)10(11)12-7-9/h6-7H,4-5H2,1-3H3,(H2,11,12). The van der Waals surface area contributed by atoms with Crippen molar-refractivity contribution in [2.75, 3.05) is 18.8 Å². The summed E-state index contributed by atoms with van der Waals surface area (Å²) in [7, 11) is -3.43. The molecule has 1 rings (SSSR count). The summed E-state index contributed by atoms with van der Waals surface area (Å²) in [6, 6.07) is 1.55. The van der Waals surface area contributed by atoms with Gasteiger partial charge in [-0.25, -0.2) is 13.4 Å². The maximum absolute atomic E-state index is 12.1. The number of nitrogens with two attached hydrogens (primary N) is 1. The Kier molecular flexibility index (Phi) is 3.88. The van der Waals surface area contributed by atoms with Gasteiger partial charge in [0.25, 0.3) is 0 Å².